The number of quaternary nitrogens is 1. The lowest BCUT2D eigenvalue weighted by Gasteiger charge is -2.34. The monoisotopic (exact) mass is 694 g/mol. The molecule has 0 radical (unpaired) electrons. The SMILES string of the molecule is CCCC/C=C/CCCCCCC(=O)OCC(COCCC(C(=O)[O-])[N+](C)(C)C)OC(=O)CCCCCCCCC/C=C/CCCCCC. The first-order valence-corrected chi connectivity index (χ1v) is 19.9. The molecular weight excluding hydrogens is 618 g/mol. The van der Waals surface area contributed by atoms with Gasteiger partial charge in [0.15, 0.2) is 6.10 Å². The number of ether oxygens (including phenoxy) is 3. The van der Waals surface area contributed by atoms with Gasteiger partial charge in [0.25, 0.3) is 0 Å². The largest absolute Gasteiger partial charge is 0.544 e. The highest BCUT2D eigenvalue weighted by molar-refractivity contribution is 5.70. The van der Waals surface area contributed by atoms with Crippen LogP contribution < -0.4 is 5.11 Å². The first-order chi connectivity index (χ1) is 23.6. The predicted molar refractivity (Wildman–Crippen MR) is 199 cm³/mol. The van der Waals surface area contributed by atoms with Gasteiger partial charge in [-0.25, -0.2) is 0 Å². The van der Waals surface area contributed by atoms with Gasteiger partial charge in [-0.2, -0.15) is 0 Å². The highest BCUT2D eigenvalue weighted by Crippen LogP contribution is 2.13. The molecule has 0 aliphatic rings. The van der Waals surface area contributed by atoms with Crippen molar-refractivity contribution in [1.29, 1.82) is 0 Å². The van der Waals surface area contributed by atoms with Crippen LogP contribution in [0.3, 0.4) is 0 Å². The maximum atomic E-state index is 12.6. The molecule has 2 atom stereocenters. The Bertz CT molecular complexity index is 864. The molecule has 8 nitrogen and oxygen atoms in total. The van der Waals surface area contributed by atoms with Crippen LogP contribution in [0.4, 0.5) is 0 Å². The van der Waals surface area contributed by atoms with Gasteiger partial charge in [-0.05, 0) is 57.8 Å². The Morgan fingerprint density at radius 3 is 1.53 bits per heavy atom. The zero-order valence-electron chi connectivity index (χ0n) is 32.4. The third kappa shape index (κ3) is 31.5. The molecule has 49 heavy (non-hydrogen) atoms. The summed E-state index contributed by atoms with van der Waals surface area (Å²) in [5.74, 6) is -1.76. The Balaban J connectivity index is 4.40. The minimum atomic E-state index is -1.13. The molecule has 0 aromatic heterocycles. The van der Waals surface area contributed by atoms with Crippen molar-refractivity contribution in [3.8, 4) is 0 Å². The molecule has 0 fully saturated rings. The van der Waals surface area contributed by atoms with E-state index in [0.29, 0.717) is 12.8 Å². The Morgan fingerprint density at radius 2 is 1.04 bits per heavy atom. The molecule has 286 valence electrons. The molecule has 0 saturated heterocycles. The van der Waals surface area contributed by atoms with Gasteiger partial charge in [0.2, 0.25) is 0 Å². The minimum absolute atomic E-state index is 0.0375. The average Bonchev–Trinajstić information content (AvgIpc) is 3.05. The predicted octanol–water partition coefficient (Wildman–Crippen LogP) is 8.80. The van der Waals surface area contributed by atoms with Gasteiger partial charge >= 0.3 is 11.9 Å². The van der Waals surface area contributed by atoms with Crippen LogP contribution in [0.25, 0.3) is 0 Å². The number of carboxylic acids is 1. The van der Waals surface area contributed by atoms with E-state index in [2.05, 4.69) is 38.2 Å². The molecule has 0 bridgehead atoms. The topological polar surface area (TPSA) is 102 Å². The van der Waals surface area contributed by atoms with Crippen LogP contribution in [0.1, 0.15) is 168 Å². The van der Waals surface area contributed by atoms with Crippen LogP contribution in [-0.2, 0) is 28.6 Å². The number of carbonyl (C=O) groups excluding carboxylic acids is 3. The van der Waals surface area contributed by atoms with Gasteiger partial charge in [-0.1, -0.05) is 115 Å². The lowest BCUT2D eigenvalue weighted by molar-refractivity contribution is -0.889. The van der Waals surface area contributed by atoms with E-state index in [1.54, 1.807) is 21.1 Å². The summed E-state index contributed by atoms with van der Waals surface area (Å²) in [4.78, 5) is 36.6. The van der Waals surface area contributed by atoms with Crippen molar-refractivity contribution in [1.82, 2.24) is 0 Å². The van der Waals surface area contributed by atoms with E-state index in [1.807, 2.05) is 0 Å². The first kappa shape index (κ1) is 46.8. The smallest absolute Gasteiger partial charge is 0.306 e. The van der Waals surface area contributed by atoms with E-state index in [1.165, 1.54) is 77.0 Å². The van der Waals surface area contributed by atoms with Crippen LogP contribution in [0.2, 0.25) is 0 Å². The summed E-state index contributed by atoms with van der Waals surface area (Å²) in [6.45, 7) is 4.58. The second-order valence-corrected chi connectivity index (χ2v) is 14.5. The van der Waals surface area contributed by atoms with Crippen LogP contribution in [0.15, 0.2) is 24.3 Å². The first-order valence-electron chi connectivity index (χ1n) is 19.9. The maximum absolute atomic E-state index is 12.6. The lowest BCUT2D eigenvalue weighted by atomic mass is 10.1. The highest BCUT2D eigenvalue weighted by atomic mass is 16.6. The minimum Gasteiger partial charge on any atom is -0.544 e. The van der Waals surface area contributed by atoms with Crippen molar-refractivity contribution >= 4 is 17.9 Å². The summed E-state index contributed by atoms with van der Waals surface area (Å²) in [5, 5.41) is 11.6. The van der Waals surface area contributed by atoms with Gasteiger partial charge in [-0.15, -0.1) is 0 Å². The van der Waals surface area contributed by atoms with E-state index in [9.17, 15) is 19.5 Å². The second-order valence-electron chi connectivity index (χ2n) is 14.5. The van der Waals surface area contributed by atoms with Gasteiger partial charge in [0.1, 0.15) is 12.6 Å². The quantitative estimate of drug-likeness (QED) is 0.0283. The van der Waals surface area contributed by atoms with Crippen molar-refractivity contribution in [3.05, 3.63) is 24.3 Å². The molecule has 0 heterocycles. The molecule has 0 amide bonds. The molecule has 0 saturated carbocycles. The third-order valence-electron chi connectivity index (χ3n) is 8.81. The van der Waals surface area contributed by atoms with Crippen molar-refractivity contribution < 1.29 is 38.2 Å². The molecule has 0 rings (SSSR count). The van der Waals surface area contributed by atoms with Gasteiger partial charge in [0, 0.05) is 19.3 Å². The van der Waals surface area contributed by atoms with Crippen LogP contribution >= 0.6 is 0 Å². The second kappa shape index (κ2) is 33.0. The maximum Gasteiger partial charge on any atom is 0.306 e. The molecule has 8 heteroatoms. The normalized spacial score (nSPS) is 13.2. The van der Waals surface area contributed by atoms with Crippen molar-refractivity contribution in [2.75, 3.05) is 41.0 Å². The number of unbranched alkanes of at least 4 members (excludes halogenated alkanes) is 17. The number of allylic oxidation sites excluding steroid dienone is 4. The standard InChI is InChI=1S/C41H75NO7/c1-6-8-10-12-14-16-18-19-20-21-22-24-26-28-30-32-40(44)49-37(35-47-34-33-38(41(45)46)42(3,4)5)36-48-39(43)31-29-27-25-23-17-15-13-11-9-7-2/h13,15-16,18,37-38H,6-12,14,17,19-36H2,1-5H3/b15-13+,18-16+. The zero-order valence-corrected chi connectivity index (χ0v) is 32.4. The van der Waals surface area contributed by atoms with Gasteiger partial charge in [-0.3, -0.25) is 9.59 Å². The lowest BCUT2D eigenvalue weighted by Crippen LogP contribution is -2.55. The number of carbonyl (C=O) groups is 3. The number of carboxylic acid groups (broad SMARTS) is 1. The number of aliphatic carboxylic acids is 1. The fraction of sp³-hybridized carbons (Fsp3) is 0.829. The van der Waals surface area contributed by atoms with Crippen LogP contribution in [0, 0.1) is 0 Å². The Kier molecular flexibility index (Phi) is 31.5. The van der Waals surface area contributed by atoms with Crippen LogP contribution in [0.5, 0.6) is 0 Å². The Labute approximate surface area is 301 Å². The molecule has 0 aliphatic heterocycles. The summed E-state index contributed by atoms with van der Waals surface area (Å²) in [7, 11) is 5.39. The van der Waals surface area contributed by atoms with E-state index in [4.69, 9.17) is 14.2 Å². The highest BCUT2D eigenvalue weighted by Gasteiger charge is 2.25. The average molecular weight is 694 g/mol. The van der Waals surface area contributed by atoms with E-state index in [0.717, 1.165) is 57.8 Å². The zero-order chi connectivity index (χ0) is 36.4. The summed E-state index contributed by atoms with van der Waals surface area (Å²) >= 11 is 0. The fourth-order valence-corrected chi connectivity index (χ4v) is 5.63. The summed E-state index contributed by atoms with van der Waals surface area (Å²) in [6, 6.07) is -0.724. The molecule has 0 N–H and O–H groups in total. The summed E-state index contributed by atoms with van der Waals surface area (Å²) in [5.41, 5.74) is 0. The molecular formula is C41H75NO7. The number of hydrogen-bond acceptors (Lipinski definition) is 7. The van der Waals surface area contributed by atoms with Gasteiger partial charge in [0.05, 0.1) is 40.3 Å². The molecule has 0 spiro atoms. The van der Waals surface area contributed by atoms with E-state index in [-0.39, 0.29) is 42.7 Å². The molecule has 0 aliphatic carbocycles. The number of hydrogen-bond donors (Lipinski definition) is 0. The van der Waals surface area contributed by atoms with Gasteiger partial charge < -0.3 is 28.6 Å². The van der Waals surface area contributed by atoms with Crippen molar-refractivity contribution in [2.45, 2.75) is 180 Å². The van der Waals surface area contributed by atoms with Crippen molar-refractivity contribution in [3.63, 3.8) is 0 Å². The third-order valence-corrected chi connectivity index (χ3v) is 8.81. The summed E-state index contributed by atoms with van der Waals surface area (Å²) < 4.78 is 17.1. The molecule has 2 unspecified atom stereocenters. The van der Waals surface area contributed by atoms with Crippen molar-refractivity contribution in [2.24, 2.45) is 0 Å². The number of esters is 2. The number of nitrogens with zero attached hydrogens (tertiary/aromatic N) is 1. The summed E-state index contributed by atoms with van der Waals surface area (Å²) in [6.07, 6.45) is 33.4. The van der Waals surface area contributed by atoms with E-state index < -0.39 is 18.1 Å². The fourth-order valence-electron chi connectivity index (χ4n) is 5.63. The van der Waals surface area contributed by atoms with Crippen LogP contribution in [-0.4, -0.2) is 75.5 Å². The Hall–Kier alpha value is -2.19. The molecule has 0 aromatic carbocycles. The number of likely N-dealkylation sites (N-methyl/N-ethyl adjacent to an activating group) is 1. The van der Waals surface area contributed by atoms with E-state index >= 15 is 0 Å². The number of rotatable bonds is 35. The Morgan fingerprint density at radius 1 is 0.592 bits per heavy atom. The molecule has 0 aromatic rings.